The summed E-state index contributed by atoms with van der Waals surface area (Å²) < 4.78 is 10.1. The normalized spacial score (nSPS) is 13.4. The molecular formula is C19H22N4O5. The topological polar surface area (TPSA) is 107 Å². The average Bonchev–Trinajstić information content (AvgIpc) is 2.98. The minimum absolute atomic E-state index is 0.0116. The fraction of sp³-hybridized carbons (Fsp3) is 0.211. The minimum Gasteiger partial charge on any atom is -0.502 e. The third-order valence-corrected chi connectivity index (χ3v) is 4.47. The number of aromatic hydroxyl groups is 2. The van der Waals surface area contributed by atoms with Gasteiger partial charge in [0.05, 0.1) is 31.2 Å². The van der Waals surface area contributed by atoms with Gasteiger partial charge in [-0.2, -0.15) is 5.12 Å². The van der Waals surface area contributed by atoms with Crippen molar-refractivity contribution in [1.82, 2.24) is 15.8 Å². The highest BCUT2D eigenvalue weighted by Gasteiger charge is 2.28. The number of amides is 1. The van der Waals surface area contributed by atoms with Crippen molar-refractivity contribution in [2.24, 2.45) is 0 Å². The van der Waals surface area contributed by atoms with E-state index in [9.17, 15) is 15.0 Å². The van der Waals surface area contributed by atoms with E-state index in [0.717, 1.165) is 11.4 Å². The van der Waals surface area contributed by atoms with E-state index in [1.807, 2.05) is 49.3 Å². The first kappa shape index (κ1) is 19.0. The summed E-state index contributed by atoms with van der Waals surface area (Å²) in [6.07, 6.45) is 0. The van der Waals surface area contributed by atoms with Crippen LogP contribution in [-0.2, 0) is 0 Å². The van der Waals surface area contributed by atoms with Crippen molar-refractivity contribution in [3.05, 3.63) is 53.5 Å². The average molecular weight is 386 g/mol. The highest BCUT2D eigenvalue weighted by molar-refractivity contribution is 6.00. The van der Waals surface area contributed by atoms with Crippen LogP contribution in [0.4, 0.5) is 5.69 Å². The van der Waals surface area contributed by atoms with Crippen molar-refractivity contribution in [1.29, 1.82) is 0 Å². The van der Waals surface area contributed by atoms with Gasteiger partial charge in [-0.1, -0.05) is 18.2 Å². The fourth-order valence-corrected chi connectivity index (χ4v) is 2.83. The minimum atomic E-state index is -0.569. The van der Waals surface area contributed by atoms with Crippen LogP contribution in [0.3, 0.4) is 0 Å². The number of benzene rings is 2. The van der Waals surface area contributed by atoms with E-state index in [0.29, 0.717) is 5.82 Å². The molecular weight excluding hydrogens is 364 g/mol. The Hall–Kier alpha value is -3.75. The van der Waals surface area contributed by atoms with Gasteiger partial charge < -0.3 is 25.0 Å². The molecule has 1 heterocycles. The van der Waals surface area contributed by atoms with Gasteiger partial charge >= 0.3 is 0 Å². The molecule has 0 spiro atoms. The lowest BCUT2D eigenvalue weighted by Crippen LogP contribution is -2.43. The van der Waals surface area contributed by atoms with Gasteiger partial charge in [0, 0.05) is 13.1 Å². The van der Waals surface area contributed by atoms with Gasteiger partial charge in [-0.05, 0) is 19.1 Å². The molecule has 0 saturated carbocycles. The highest BCUT2D eigenvalue weighted by Crippen LogP contribution is 2.45. The Balaban J connectivity index is 1.88. The molecule has 28 heavy (non-hydrogen) atoms. The molecule has 0 fully saturated rings. The Bertz CT molecular complexity index is 930. The summed E-state index contributed by atoms with van der Waals surface area (Å²) in [6.45, 7) is 1.84. The number of hydrazine groups is 2. The van der Waals surface area contributed by atoms with Gasteiger partial charge in [0.1, 0.15) is 5.82 Å². The van der Waals surface area contributed by atoms with Crippen molar-refractivity contribution in [2.45, 2.75) is 6.92 Å². The third-order valence-electron chi connectivity index (χ3n) is 4.47. The SMILES string of the molecule is COc1cc(C(=O)NC2=C(C)N(C)N(c3ccccc3)N2)c(OC)c(O)c1O. The quantitative estimate of drug-likeness (QED) is 0.578. The Morgan fingerprint density at radius 1 is 1.11 bits per heavy atom. The number of rotatable bonds is 5. The van der Waals surface area contributed by atoms with Crippen LogP contribution in [0.25, 0.3) is 0 Å². The molecule has 1 aliphatic heterocycles. The number of hydrogen-bond donors (Lipinski definition) is 4. The Morgan fingerprint density at radius 2 is 1.79 bits per heavy atom. The standard InChI is InChI=1S/C19H22N4O5/c1-11-18(21-23(22(11)2)12-8-6-5-7-9-12)20-19(26)13-10-14(27-3)15(24)16(25)17(13)28-4/h5-10,21,24-25H,1-4H3,(H,20,26). The van der Waals surface area contributed by atoms with Crippen LogP contribution in [0.15, 0.2) is 47.9 Å². The molecule has 0 atom stereocenters. The maximum Gasteiger partial charge on any atom is 0.260 e. The molecule has 1 aliphatic rings. The second-order valence-electron chi connectivity index (χ2n) is 6.05. The molecule has 148 valence electrons. The predicted octanol–water partition coefficient (Wildman–Crippen LogP) is 1.91. The Labute approximate surface area is 162 Å². The summed E-state index contributed by atoms with van der Waals surface area (Å²) in [4.78, 5) is 12.9. The number of allylic oxidation sites excluding steroid dienone is 1. The van der Waals surface area contributed by atoms with Gasteiger partial charge in [0.15, 0.2) is 11.5 Å². The third kappa shape index (κ3) is 3.18. The molecule has 9 nitrogen and oxygen atoms in total. The highest BCUT2D eigenvalue weighted by atomic mass is 16.5. The van der Waals surface area contributed by atoms with Crippen LogP contribution in [0.2, 0.25) is 0 Å². The number of methoxy groups -OCH3 is 2. The summed E-state index contributed by atoms with van der Waals surface area (Å²) in [5, 5.41) is 26.4. The number of phenolic OH excluding ortho intramolecular Hbond substituents is 2. The van der Waals surface area contributed by atoms with E-state index in [-0.39, 0.29) is 17.1 Å². The van der Waals surface area contributed by atoms with E-state index < -0.39 is 17.4 Å². The van der Waals surface area contributed by atoms with Crippen LogP contribution >= 0.6 is 0 Å². The van der Waals surface area contributed by atoms with Crippen LogP contribution in [0, 0.1) is 0 Å². The molecule has 0 saturated heterocycles. The number of nitrogens with zero attached hydrogens (tertiary/aromatic N) is 2. The molecule has 2 aromatic rings. The van der Waals surface area contributed by atoms with Gasteiger partial charge in [0.25, 0.3) is 5.91 Å². The van der Waals surface area contributed by atoms with Gasteiger partial charge in [-0.3, -0.25) is 15.2 Å². The van der Waals surface area contributed by atoms with Crippen LogP contribution in [-0.4, -0.2) is 42.4 Å². The first-order valence-corrected chi connectivity index (χ1v) is 8.43. The molecule has 2 aromatic carbocycles. The van der Waals surface area contributed by atoms with Crippen LogP contribution in [0.5, 0.6) is 23.0 Å². The number of para-hydroxylation sites is 1. The van der Waals surface area contributed by atoms with Gasteiger partial charge in [-0.25, -0.2) is 0 Å². The molecule has 0 radical (unpaired) electrons. The van der Waals surface area contributed by atoms with Crippen molar-refractivity contribution >= 4 is 11.6 Å². The summed E-state index contributed by atoms with van der Waals surface area (Å²) in [5.74, 6) is -1.35. The molecule has 0 aromatic heterocycles. The first-order valence-electron chi connectivity index (χ1n) is 8.43. The number of hydrogen-bond acceptors (Lipinski definition) is 8. The summed E-state index contributed by atoms with van der Waals surface area (Å²) in [5.41, 5.74) is 4.79. The fourth-order valence-electron chi connectivity index (χ4n) is 2.83. The number of nitrogens with one attached hydrogen (secondary N) is 2. The molecule has 1 amide bonds. The smallest absolute Gasteiger partial charge is 0.260 e. The number of anilines is 1. The molecule has 3 rings (SSSR count). The maximum absolute atomic E-state index is 12.9. The van der Waals surface area contributed by atoms with Crippen molar-refractivity contribution in [3.8, 4) is 23.0 Å². The zero-order valence-corrected chi connectivity index (χ0v) is 16.0. The van der Waals surface area contributed by atoms with E-state index in [4.69, 9.17) is 9.47 Å². The van der Waals surface area contributed by atoms with Crippen molar-refractivity contribution < 1.29 is 24.5 Å². The second-order valence-corrected chi connectivity index (χ2v) is 6.05. The first-order chi connectivity index (χ1) is 13.4. The lowest BCUT2D eigenvalue weighted by molar-refractivity contribution is 0.0959. The van der Waals surface area contributed by atoms with Crippen LogP contribution in [0.1, 0.15) is 17.3 Å². The summed E-state index contributed by atoms with van der Waals surface area (Å²) >= 11 is 0. The Morgan fingerprint density at radius 3 is 2.39 bits per heavy atom. The van der Waals surface area contributed by atoms with E-state index in [1.54, 1.807) is 5.12 Å². The van der Waals surface area contributed by atoms with Crippen molar-refractivity contribution in [2.75, 3.05) is 26.4 Å². The van der Waals surface area contributed by atoms with E-state index in [1.165, 1.54) is 20.3 Å². The molecule has 9 heteroatoms. The number of carbonyl (C=O) groups excluding carboxylic acids is 1. The van der Waals surface area contributed by atoms with Crippen LogP contribution < -0.4 is 25.3 Å². The summed E-state index contributed by atoms with van der Waals surface area (Å²) in [6, 6.07) is 10.9. The zero-order valence-electron chi connectivity index (χ0n) is 16.0. The lowest BCUT2D eigenvalue weighted by Gasteiger charge is -2.28. The monoisotopic (exact) mass is 386 g/mol. The summed E-state index contributed by atoms with van der Waals surface area (Å²) in [7, 11) is 4.46. The Kier molecular flexibility index (Phi) is 5.08. The lowest BCUT2D eigenvalue weighted by atomic mass is 10.1. The number of ether oxygens (including phenoxy) is 2. The molecule has 0 aliphatic carbocycles. The van der Waals surface area contributed by atoms with Gasteiger partial charge in [0.2, 0.25) is 11.5 Å². The number of carbonyl (C=O) groups is 1. The van der Waals surface area contributed by atoms with E-state index >= 15 is 0 Å². The molecule has 4 N–H and O–H groups in total. The second kappa shape index (κ2) is 7.47. The molecule has 0 unspecified atom stereocenters. The molecule has 0 bridgehead atoms. The maximum atomic E-state index is 12.9. The van der Waals surface area contributed by atoms with Crippen molar-refractivity contribution in [3.63, 3.8) is 0 Å². The van der Waals surface area contributed by atoms with Gasteiger partial charge in [-0.15, -0.1) is 0 Å². The predicted molar refractivity (Wildman–Crippen MR) is 103 cm³/mol. The number of phenols is 2. The zero-order chi connectivity index (χ0) is 20.4. The van der Waals surface area contributed by atoms with E-state index in [2.05, 4.69) is 10.7 Å². The largest absolute Gasteiger partial charge is 0.502 e.